The van der Waals surface area contributed by atoms with Crippen LogP contribution < -0.4 is 5.32 Å². The lowest BCUT2D eigenvalue weighted by Gasteiger charge is -2.24. The van der Waals surface area contributed by atoms with Crippen LogP contribution in [0.5, 0.6) is 0 Å². The van der Waals surface area contributed by atoms with E-state index in [9.17, 15) is 9.90 Å². The summed E-state index contributed by atoms with van der Waals surface area (Å²) in [7, 11) is 0. The van der Waals surface area contributed by atoms with E-state index in [1.165, 1.54) is 11.1 Å². The summed E-state index contributed by atoms with van der Waals surface area (Å²) in [5.74, 6) is 0.0110. The van der Waals surface area contributed by atoms with E-state index in [1.54, 1.807) is 0 Å². The van der Waals surface area contributed by atoms with Crippen LogP contribution in [0.15, 0.2) is 24.3 Å². The topological polar surface area (TPSA) is 49.3 Å². The average molecular weight is 261 g/mol. The van der Waals surface area contributed by atoms with E-state index >= 15 is 0 Å². The summed E-state index contributed by atoms with van der Waals surface area (Å²) in [6.07, 6.45) is 1.73. The van der Waals surface area contributed by atoms with Gasteiger partial charge in [-0.15, -0.1) is 0 Å². The number of amides is 1. The first-order valence-electron chi connectivity index (χ1n) is 6.83. The Morgan fingerprint density at radius 3 is 2.26 bits per heavy atom. The van der Waals surface area contributed by atoms with E-state index in [2.05, 4.69) is 5.32 Å². The Balaban J connectivity index is 1.90. The Hall–Kier alpha value is -1.35. The molecule has 0 atom stereocenters. The summed E-state index contributed by atoms with van der Waals surface area (Å²) < 4.78 is 0. The Morgan fingerprint density at radius 1 is 1.26 bits per heavy atom. The molecule has 1 aliphatic rings. The fraction of sp³-hybridized carbons (Fsp3) is 0.562. The van der Waals surface area contributed by atoms with Gasteiger partial charge in [0.05, 0.1) is 5.60 Å². The lowest BCUT2D eigenvalue weighted by Crippen LogP contribution is -2.44. The molecule has 0 bridgehead atoms. The van der Waals surface area contributed by atoms with Crippen LogP contribution in [0, 0.1) is 5.41 Å². The zero-order valence-electron chi connectivity index (χ0n) is 12.0. The number of rotatable bonds is 3. The van der Waals surface area contributed by atoms with E-state index in [0.29, 0.717) is 25.8 Å². The summed E-state index contributed by atoms with van der Waals surface area (Å²) in [4.78, 5) is 11.8. The first-order valence-corrected chi connectivity index (χ1v) is 6.83. The van der Waals surface area contributed by atoms with Gasteiger partial charge in [0.25, 0.3) is 0 Å². The molecule has 0 radical (unpaired) electrons. The molecular weight excluding hydrogens is 238 g/mol. The molecule has 3 nitrogen and oxygen atoms in total. The maximum atomic E-state index is 11.8. The maximum absolute atomic E-state index is 11.8. The van der Waals surface area contributed by atoms with E-state index in [4.69, 9.17) is 0 Å². The largest absolute Gasteiger partial charge is 0.387 e. The van der Waals surface area contributed by atoms with Crippen molar-refractivity contribution in [2.24, 2.45) is 5.41 Å². The third-order valence-corrected chi connectivity index (χ3v) is 3.46. The number of carbonyl (C=O) groups is 1. The van der Waals surface area contributed by atoms with Crippen LogP contribution >= 0.6 is 0 Å². The van der Waals surface area contributed by atoms with Crippen molar-refractivity contribution < 1.29 is 9.90 Å². The van der Waals surface area contributed by atoms with Crippen LogP contribution in [0.2, 0.25) is 0 Å². The first-order chi connectivity index (χ1) is 8.77. The highest BCUT2D eigenvalue weighted by atomic mass is 16.3. The van der Waals surface area contributed by atoms with E-state index < -0.39 is 5.60 Å². The Morgan fingerprint density at radius 2 is 1.79 bits per heavy atom. The SMILES string of the molecule is CC(C)(C)CC(=O)NCC1(O)Cc2ccccc2C1. The standard InChI is InChI=1S/C16H23NO2/c1-15(2,3)10-14(18)17-11-16(19)8-12-6-4-5-7-13(12)9-16/h4-7,19H,8-11H2,1-3H3,(H,17,18). The van der Waals surface area contributed by atoms with Crippen molar-refractivity contribution in [1.82, 2.24) is 5.32 Å². The zero-order chi connectivity index (χ0) is 14.1. The number of aliphatic hydroxyl groups is 1. The van der Waals surface area contributed by atoms with Gasteiger partial charge in [-0.25, -0.2) is 0 Å². The fourth-order valence-corrected chi connectivity index (χ4v) is 2.61. The molecule has 0 saturated carbocycles. The van der Waals surface area contributed by atoms with E-state index in [0.717, 1.165) is 0 Å². The van der Waals surface area contributed by atoms with Crippen molar-refractivity contribution in [3.63, 3.8) is 0 Å². The van der Waals surface area contributed by atoms with Crippen molar-refractivity contribution in [2.45, 2.75) is 45.6 Å². The van der Waals surface area contributed by atoms with Crippen molar-refractivity contribution in [1.29, 1.82) is 0 Å². The zero-order valence-corrected chi connectivity index (χ0v) is 12.0. The predicted octanol–water partition coefficient (Wildman–Crippen LogP) is 2.07. The van der Waals surface area contributed by atoms with Crippen LogP contribution in [0.3, 0.4) is 0 Å². The van der Waals surface area contributed by atoms with Crippen molar-refractivity contribution in [3.8, 4) is 0 Å². The summed E-state index contributed by atoms with van der Waals surface area (Å²) in [6.45, 7) is 6.43. The van der Waals surface area contributed by atoms with E-state index in [1.807, 2.05) is 45.0 Å². The molecule has 3 heteroatoms. The second-order valence-electron chi connectivity index (χ2n) is 6.86. The molecular formula is C16H23NO2. The highest BCUT2D eigenvalue weighted by Crippen LogP contribution is 2.29. The molecule has 1 aliphatic carbocycles. The third-order valence-electron chi connectivity index (χ3n) is 3.46. The minimum Gasteiger partial charge on any atom is -0.387 e. The number of nitrogens with one attached hydrogen (secondary N) is 1. The molecule has 0 fully saturated rings. The number of hydrogen-bond acceptors (Lipinski definition) is 2. The molecule has 2 rings (SSSR count). The first kappa shape index (κ1) is 14.1. The third kappa shape index (κ3) is 3.80. The highest BCUT2D eigenvalue weighted by molar-refractivity contribution is 5.76. The van der Waals surface area contributed by atoms with Gasteiger partial charge in [-0.3, -0.25) is 4.79 Å². The molecule has 0 aromatic heterocycles. The van der Waals surface area contributed by atoms with E-state index in [-0.39, 0.29) is 11.3 Å². The van der Waals surface area contributed by atoms with Gasteiger partial charge in [0.1, 0.15) is 0 Å². The highest BCUT2D eigenvalue weighted by Gasteiger charge is 2.35. The molecule has 2 N–H and O–H groups in total. The minimum absolute atomic E-state index is 0.0110. The Kier molecular flexibility index (Phi) is 3.68. The van der Waals surface area contributed by atoms with Gasteiger partial charge < -0.3 is 10.4 Å². The molecule has 104 valence electrons. The van der Waals surface area contributed by atoms with Crippen molar-refractivity contribution in [3.05, 3.63) is 35.4 Å². The van der Waals surface area contributed by atoms with Crippen LogP contribution in [0.1, 0.15) is 38.3 Å². The fourth-order valence-electron chi connectivity index (χ4n) is 2.61. The molecule has 19 heavy (non-hydrogen) atoms. The van der Waals surface area contributed by atoms with Crippen molar-refractivity contribution >= 4 is 5.91 Å². The molecule has 1 amide bonds. The Bertz CT molecular complexity index is 449. The van der Waals surface area contributed by atoms with Gasteiger partial charge >= 0.3 is 0 Å². The van der Waals surface area contributed by atoms with Gasteiger partial charge in [-0.05, 0) is 16.5 Å². The molecule has 0 unspecified atom stereocenters. The summed E-state index contributed by atoms with van der Waals surface area (Å²) >= 11 is 0. The number of benzene rings is 1. The molecule has 0 aliphatic heterocycles. The molecule has 1 aromatic rings. The molecule has 0 spiro atoms. The van der Waals surface area contributed by atoms with Gasteiger partial charge in [0, 0.05) is 25.8 Å². The number of fused-ring (bicyclic) bond motifs is 1. The maximum Gasteiger partial charge on any atom is 0.220 e. The number of carbonyl (C=O) groups excluding carboxylic acids is 1. The van der Waals surface area contributed by atoms with Crippen LogP contribution in [0.4, 0.5) is 0 Å². The normalized spacial score (nSPS) is 17.1. The summed E-state index contributed by atoms with van der Waals surface area (Å²) in [6, 6.07) is 8.07. The van der Waals surface area contributed by atoms with Gasteiger partial charge in [-0.1, -0.05) is 45.0 Å². The quantitative estimate of drug-likeness (QED) is 0.875. The predicted molar refractivity (Wildman–Crippen MR) is 75.9 cm³/mol. The second kappa shape index (κ2) is 4.97. The van der Waals surface area contributed by atoms with Crippen LogP contribution in [-0.2, 0) is 17.6 Å². The van der Waals surface area contributed by atoms with Gasteiger partial charge in [0.2, 0.25) is 5.91 Å². The van der Waals surface area contributed by atoms with Gasteiger partial charge in [0.15, 0.2) is 0 Å². The average Bonchev–Trinajstić information content (AvgIpc) is 2.61. The van der Waals surface area contributed by atoms with Crippen LogP contribution in [0.25, 0.3) is 0 Å². The Labute approximate surface area is 115 Å². The van der Waals surface area contributed by atoms with Crippen LogP contribution in [-0.4, -0.2) is 23.2 Å². The summed E-state index contributed by atoms with van der Waals surface area (Å²) in [5, 5.41) is 13.4. The summed E-state index contributed by atoms with van der Waals surface area (Å²) in [5.41, 5.74) is 1.54. The molecule has 0 saturated heterocycles. The lowest BCUT2D eigenvalue weighted by atomic mass is 9.91. The van der Waals surface area contributed by atoms with Gasteiger partial charge in [-0.2, -0.15) is 0 Å². The second-order valence-corrected chi connectivity index (χ2v) is 6.86. The lowest BCUT2D eigenvalue weighted by molar-refractivity contribution is -0.124. The monoisotopic (exact) mass is 261 g/mol. The number of hydrogen-bond donors (Lipinski definition) is 2. The minimum atomic E-state index is -0.822. The molecule has 0 heterocycles. The smallest absolute Gasteiger partial charge is 0.220 e. The molecule has 1 aromatic carbocycles. The van der Waals surface area contributed by atoms with Crippen molar-refractivity contribution in [2.75, 3.05) is 6.54 Å².